The largest absolute Gasteiger partial charge is 0.477 e. The van der Waals surface area contributed by atoms with E-state index >= 15 is 0 Å². The molecule has 2 rings (SSSR count). The predicted octanol–water partition coefficient (Wildman–Crippen LogP) is 1.14. The minimum atomic E-state index is -0.980. The van der Waals surface area contributed by atoms with E-state index in [0.717, 1.165) is 11.3 Å². The van der Waals surface area contributed by atoms with Crippen LogP contribution in [0.1, 0.15) is 15.2 Å². The highest BCUT2D eigenvalue weighted by Crippen LogP contribution is 2.35. The molecule has 6 nitrogen and oxygen atoms in total. The van der Waals surface area contributed by atoms with E-state index in [1.807, 2.05) is 0 Å². The summed E-state index contributed by atoms with van der Waals surface area (Å²) >= 11 is 2.38. The first-order valence-corrected chi connectivity index (χ1v) is 7.24. The van der Waals surface area contributed by atoms with Gasteiger partial charge < -0.3 is 15.3 Å². The Balaban J connectivity index is 2.41. The van der Waals surface area contributed by atoms with E-state index in [4.69, 9.17) is 10.2 Å². The number of carbonyl (C=O) groups is 1. The maximum atomic E-state index is 11.1. The first-order valence-electron chi connectivity index (χ1n) is 5.43. The molecule has 2 heterocycles. The van der Waals surface area contributed by atoms with Crippen molar-refractivity contribution in [2.75, 3.05) is 12.4 Å². The van der Waals surface area contributed by atoms with Gasteiger partial charge >= 0.3 is 5.97 Å². The van der Waals surface area contributed by atoms with Gasteiger partial charge in [0.2, 0.25) is 0 Å². The van der Waals surface area contributed by atoms with E-state index in [9.17, 15) is 9.90 Å². The quantitative estimate of drug-likeness (QED) is 0.562. The van der Waals surface area contributed by atoms with E-state index in [1.165, 1.54) is 18.1 Å². The molecule has 0 spiro atoms. The Kier molecular flexibility index (Phi) is 4.35. The molecule has 2 aromatic rings. The molecule has 0 bridgehead atoms. The van der Waals surface area contributed by atoms with Crippen molar-refractivity contribution in [2.24, 2.45) is 0 Å². The summed E-state index contributed by atoms with van der Waals surface area (Å²) in [6.07, 6.45) is 0.547. The highest BCUT2D eigenvalue weighted by Gasteiger charge is 2.19. The highest BCUT2D eigenvalue weighted by molar-refractivity contribution is 7.99. The Hall–Kier alpha value is -1.22. The van der Waals surface area contributed by atoms with Crippen molar-refractivity contribution >= 4 is 39.3 Å². The van der Waals surface area contributed by atoms with Gasteiger partial charge in [0.25, 0.3) is 0 Å². The Morgan fingerprint density at radius 2 is 2.26 bits per heavy atom. The maximum Gasteiger partial charge on any atom is 0.346 e. The van der Waals surface area contributed by atoms with Crippen LogP contribution in [0.2, 0.25) is 0 Å². The monoisotopic (exact) mass is 300 g/mol. The lowest BCUT2D eigenvalue weighted by atomic mass is 10.2. The molecule has 0 fully saturated rings. The number of thiophene rings is 1. The number of fused-ring (bicyclic) bond motifs is 1. The normalized spacial score (nSPS) is 12.8. The lowest BCUT2D eigenvalue weighted by Gasteiger charge is -2.06. The second-order valence-corrected chi connectivity index (χ2v) is 5.88. The van der Waals surface area contributed by atoms with Crippen molar-refractivity contribution in [1.82, 2.24) is 9.97 Å². The molecule has 0 saturated carbocycles. The minimum Gasteiger partial charge on any atom is -0.477 e. The van der Waals surface area contributed by atoms with Crippen LogP contribution in [0.15, 0.2) is 11.4 Å². The Morgan fingerprint density at radius 1 is 1.53 bits per heavy atom. The summed E-state index contributed by atoms with van der Waals surface area (Å²) in [5.74, 6) is -0.688. The van der Waals surface area contributed by atoms with E-state index in [-0.39, 0.29) is 11.5 Å². The zero-order valence-corrected chi connectivity index (χ0v) is 11.7. The number of carboxylic acid groups (broad SMARTS) is 1. The van der Waals surface area contributed by atoms with Crippen LogP contribution in [-0.4, -0.2) is 49.7 Å². The number of aryl methyl sites for hydroxylation is 1. The first kappa shape index (κ1) is 14.2. The molecule has 0 amide bonds. The fourth-order valence-corrected chi connectivity index (χ4v) is 3.60. The molecule has 0 aromatic carbocycles. The van der Waals surface area contributed by atoms with Crippen LogP contribution in [0, 0.1) is 6.92 Å². The second-order valence-electron chi connectivity index (χ2n) is 3.87. The SMILES string of the molecule is Cc1c(C(=O)O)sc2ncnc(SCC(O)CO)c12. The second kappa shape index (κ2) is 5.83. The average Bonchev–Trinajstić information content (AvgIpc) is 2.74. The van der Waals surface area contributed by atoms with Crippen LogP contribution < -0.4 is 0 Å². The lowest BCUT2D eigenvalue weighted by Crippen LogP contribution is -2.14. The molecule has 0 saturated heterocycles. The summed E-state index contributed by atoms with van der Waals surface area (Å²) in [7, 11) is 0. The minimum absolute atomic E-state index is 0.250. The standard InChI is InChI=1S/C11H12N2O4S2/c1-5-7-9(18-3-6(15)2-14)12-4-13-10(7)19-8(5)11(16)17/h4,6,14-15H,2-3H2,1H3,(H,16,17). The van der Waals surface area contributed by atoms with Gasteiger partial charge in [-0.1, -0.05) is 0 Å². The van der Waals surface area contributed by atoms with Crippen molar-refractivity contribution in [2.45, 2.75) is 18.1 Å². The molecule has 0 aliphatic rings. The van der Waals surface area contributed by atoms with E-state index in [0.29, 0.717) is 26.6 Å². The number of rotatable bonds is 5. The maximum absolute atomic E-state index is 11.1. The summed E-state index contributed by atoms with van der Waals surface area (Å²) in [6.45, 7) is 1.41. The van der Waals surface area contributed by atoms with Crippen LogP contribution in [0.3, 0.4) is 0 Å². The van der Waals surface area contributed by atoms with E-state index in [2.05, 4.69) is 9.97 Å². The number of aliphatic hydroxyl groups excluding tert-OH is 2. The summed E-state index contributed by atoms with van der Waals surface area (Å²) in [4.78, 5) is 20.2. The fraction of sp³-hybridized carbons (Fsp3) is 0.364. The molecule has 3 N–H and O–H groups in total. The molecule has 0 radical (unpaired) electrons. The average molecular weight is 300 g/mol. The van der Waals surface area contributed by atoms with Gasteiger partial charge in [0.15, 0.2) is 0 Å². The van der Waals surface area contributed by atoms with Gasteiger partial charge in [-0.15, -0.1) is 23.1 Å². The molecule has 0 aliphatic heterocycles. The zero-order chi connectivity index (χ0) is 14.0. The van der Waals surface area contributed by atoms with E-state index < -0.39 is 12.1 Å². The fourth-order valence-electron chi connectivity index (χ4n) is 1.58. The molecule has 102 valence electrons. The Labute approximate surface area is 117 Å². The first-order chi connectivity index (χ1) is 9.04. The van der Waals surface area contributed by atoms with Crippen molar-refractivity contribution in [3.05, 3.63) is 16.8 Å². The van der Waals surface area contributed by atoms with Crippen LogP contribution in [-0.2, 0) is 0 Å². The Morgan fingerprint density at radius 3 is 2.89 bits per heavy atom. The number of carboxylic acids is 1. The molecule has 0 aliphatic carbocycles. The van der Waals surface area contributed by atoms with Crippen LogP contribution >= 0.6 is 23.1 Å². The van der Waals surface area contributed by atoms with Crippen LogP contribution in [0.25, 0.3) is 10.2 Å². The van der Waals surface area contributed by atoms with Crippen molar-refractivity contribution in [3.63, 3.8) is 0 Å². The van der Waals surface area contributed by atoms with Crippen molar-refractivity contribution in [1.29, 1.82) is 0 Å². The van der Waals surface area contributed by atoms with Crippen molar-refractivity contribution < 1.29 is 20.1 Å². The van der Waals surface area contributed by atoms with Crippen LogP contribution in [0.4, 0.5) is 0 Å². The van der Waals surface area contributed by atoms with Gasteiger partial charge in [0.05, 0.1) is 12.7 Å². The van der Waals surface area contributed by atoms with Gasteiger partial charge in [-0.3, -0.25) is 0 Å². The number of aliphatic hydroxyl groups is 2. The van der Waals surface area contributed by atoms with Crippen LogP contribution in [0.5, 0.6) is 0 Å². The summed E-state index contributed by atoms with van der Waals surface area (Å²) in [5.41, 5.74) is 0.633. The third-order valence-electron chi connectivity index (χ3n) is 2.51. The molecule has 1 unspecified atom stereocenters. The number of hydrogen-bond donors (Lipinski definition) is 3. The Bertz CT molecular complexity index is 614. The number of nitrogens with zero attached hydrogens (tertiary/aromatic N) is 2. The lowest BCUT2D eigenvalue weighted by molar-refractivity contribution is 0.0701. The summed E-state index contributed by atoms with van der Waals surface area (Å²) < 4.78 is 0. The third-order valence-corrected chi connectivity index (χ3v) is 4.83. The summed E-state index contributed by atoms with van der Waals surface area (Å²) in [5, 5.41) is 28.6. The number of thioether (sulfide) groups is 1. The predicted molar refractivity (Wildman–Crippen MR) is 72.9 cm³/mol. The smallest absolute Gasteiger partial charge is 0.346 e. The number of hydrogen-bond acceptors (Lipinski definition) is 7. The van der Waals surface area contributed by atoms with Crippen molar-refractivity contribution in [3.8, 4) is 0 Å². The molecule has 19 heavy (non-hydrogen) atoms. The zero-order valence-electron chi connectivity index (χ0n) is 10.0. The topological polar surface area (TPSA) is 104 Å². The number of aromatic carboxylic acids is 1. The van der Waals surface area contributed by atoms with Gasteiger partial charge in [-0.05, 0) is 12.5 Å². The highest BCUT2D eigenvalue weighted by atomic mass is 32.2. The van der Waals surface area contributed by atoms with E-state index in [1.54, 1.807) is 6.92 Å². The molecule has 8 heteroatoms. The van der Waals surface area contributed by atoms with Gasteiger partial charge in [-0.25, -0.2) is 14.8 Å². The van der Waals surface area contributed by atoms with Gasteiger partial charge in [0, 0.05) is 11.1 Å². The summed E-state index contributed by atoms with van der Waals surface area (Å²) in [6, 6.07) is 0. The molecule has 2 aromatic heterocycles. The third kappa shape index (κ3) is 2.86. The molecular weight excluding hydrogens is 288 g/mol. The van der Waals surface area contributed by atoms with Gasteiger partial charge in [-0.2, -0.15) is 0 Å². The van der Waals surface area contributed by atoms with Gasteiger partial charge in [0.1, 0.15) is 21.1 Å². The molecule has 1 atom stereocenters. The number of aromatic nitrogens is 2. The molecular formula is C11H12N2O4S2.